The Morgan fingerprint density at radius 2 is 1.71 bits per heavy atom. The van der Waals surface area contributed by atoms with E-state index in [1.54, 1.807) is 54.6 Å². The summed E-state index contributed by atoms with van der Waals surface area (Å²) in [6.45, 7) is 7.67. The Labute approximate surface area is 247 Å². The molecule has 0 aromatic heterocycles. The van der Waals surface area contributed by atoms with Gasteiger partial charge in [0, 0.05) is 12.5 Å². The largest absolute Gasteiger partial charge is 0.508 e. The summed E-state index contributed by atoms with van der Waals surface area (Å²) in [4.78, 5) is 24.5. The molecule has 0 amide bonds. The van der Waals surface area contributed by atoms with Crippen molar-refractivity contribution in [1.29, 1.82) is 0 Å². The second-order valence-electron chi connectivity index (χ2n) is 11.1. The number of ketones is 2. The Balaban J connectivity index is 1.57. The van der Waals surface area contributed by atoms with Gasteiger partial charge in [0.25, 0.3) is 0 Å². The predicted octanol–water partition coefficient (Wildman–Crippen LogP) is 6.77. The molecule has 42 heavy (non-hydrogen) atoms. The van der Waals surface area contributed by atoms with Gasteiger partial charge in [0.2, 0.25) is 0 Å². The lowest BCUT2D eigenvalue weighted by Gasteiger charge is -2.39. The molecule has 0 saturated heterocycles. The molecule has 0 saturated carbocycles. The first-order valence-electron chi connectivity index (χ1n) is 13.9. The van der Waals surface area contributed by atoms with Gasteiger partial charge in [-0.3, -0.25) is 9.59 Å². The third-order valence-electron chi connectivity index (χ3n) is 7.13. The SMILES string of the molecule is COc1cc(/C=C/C(O)=CC(=O)/C=C/c2ccc(O[C@]3(C)C=C[C@@H]([C@@H](C)CC(=O)C=C(C)C)C[C@@H]3O)cc2)ccc1O. The van der Waals surface area contributed by atoms with Gasteiger partial charge in [0.15, 0.2) is 23.1 Å². The van der Waals surface area contributed by atoms with E-state index in [1.165, 1.54) is 25.3 Å². The normalized spacial score (nSPS) is 21.3. The zero-order valence-corrected chi connectivity index (χ0v) is 24.8. The topological polar surface area (TPSA) is 113 Å². The maximum atomic E-state index is 12.3. The van der Waals surface area contributed by atoms with Gasteiger partial charge in [0.1, 0.15) is 17.1 Å². The zero-order valence-electron chi connectivity index (χ0n) is 24.8. The fourth-order valence-corrected chi connectivity index (χ4v) is 4.67. The highest BCUT2D eigenvalue weighted by molar-refractivity contribution is 6.02. The Bertz CT molecular complexity index is 1410. The third kappa shape index (κ3) is 9.35. The number of aliphatic hydroxyl groups excluding tert-OH is 2. The molecule has 0 unspecified atom stereocenters. The molecule has 1 aliphatic carbocycles. The maximum Gasteiger partial charge on any atom is 0.182 e. The summed E-state index contributed by atoms with van der Waals surface area (Å²) in [6.07, 6.45) is 12.8. The number of hydrogen-bond acceptors (Lipinski definition) is 7. The van der Waals surface area contributed by atoms with Gasteiger partial charge in [-0.2, -0.15) is 0 Å². The molecule has 4 atom stereocenters. The van der Waals surface area contributed by atoms with Crippen molar-refractivity contribution in [3.8, 4) is 17.2 Å². The molecule has 0 spiro atoms. The van der Waals surface area contributed by atoms with E-state index in [9.17, 15) is 24.9 Å². The third-order valence-corrected chi connectivity index (χ3v) is 7.13. The summed E-state index contributed by atoms with van der Waals surface area (Å²) < 4.78 is 11.2. The summed E-state index contributed by atoms with van der Waals surface area (Å²) in [7, 11) is 1.44. The Hall–Kier alpha value is -4.36. The van der Waals surface area contributed by atoms with Crippen LogP contribution in [0.25, 0.3) is 12.2 Å². The van der Waals surface area contributed by atoms with Crippen LogP contribution < -0.4 is 9.47 Å². The van der Waals surface area contributed by atoms with Crippen LogP contribution in [0.4, 0.5) is 0 Å². The summed E-state index contributed by atoms with van der Waals surface area (Å²) in [5.41, 5.74) is 1.51. The fourth-order valence-electron chi connectivity index (χ4n) is 4.67. The Morgan fingerprint density at radius 1 is 1.05 bits per heavy atom. The van der Waals surface area contributed by atoms with Crippen molar-refractivity contribution in [3.05, 3.63) is 101 Å². The highest BCUT2D eigenvalue weighted by atomic mass is 16.5. The van der Waals surface area contributed by atoms with Gasteiger partial charge < -0.3 is 24.8 Å². The quantitative estimate of drug-likeness (QED) is 0.111. The number of rotatable bonds is 12. The molecule has 7 nitrogen and oxygen atoms in total. The van der Waals surface area contributed by atoms with Crippen LogP contribution in [0, 0.1) is 11.8 Å². The van der Waals surface area contributed by atoms with E-state index in [2.05, 4.69) is 0 Å². The van der Waals surface area contributed by atoms with Gasteiger partial charge in [-0.05, 0) is 98.7 Å². The van der Waals surface area contributed by atoms with E-state index in [-0.39, 0.29) is 29.1 Å². The van der Waals surface area contributed by atoms with Crippen molar-refractivity contribution in [2.45, 2.75) is 52.2 Å². The molecule has 0 heterocycles. The van der Waals surface area contributed by atoms with E-state index in [4.69, 9.17) is 9.47 Å². The number of methoxy groups -OCH3 is 1. The summed E-state index contributed by atoms with van der Waals surface area (Å²) in [6, 6.07) is 11.9. The highest BCUT2D eigenvalue weighted by Gasteiger charge is 2.39. The number of allylic oxidation sites excluding steroid dienone is 6. The maximum absolute atomic E-state index is 12.3. The van der Waals surface area contributed by atoms with Crippen LogP contribution in [-0.2, 0) is 9.59 Å². The van der Waals surface area contributed by atoms with Crippen LogP contribution in [-0.4, -0.2) is 45.7 Å². The van der Waals surface area contributed by atoms with Crippen LogP contribution in [0.3, 0.4) is 0 Å². The minimum absolute atomic E-state index is 0.0103. The van der Waals surface area contributed by atoms with Crippen LogP contribution in [0.5, 0.6) is 17.2 Å². The first-order valence-corrected chi connectivity index (χ1v) is 13.9. The molecule has 0 aliphatic heterocycles. The Morgan fingerprint density at radius 3 is 2.36 bits per heavy atom. The second-order valence-corrected chi connectivity index (χ2v) is 11.1. The minimum atomic E-state index is -0.908. The molecule has 3 rings (SSSR count). The molecule has 0 fully saturated rings. The molecule has 7 heteroatoms. The summed E-state index contributed by atoms with van der Waals surface area (Å²) in [5.74, 6) is 0.561. The van der Waals surface area contributed by atoms with Crippen molar-refractivity contribution in [2.24, 2.45) is 11.8 Å². The standard InChI is InChI=1S/C35H40O7/c1-23(2)18-30(38)19-24(3)27-16-17-35(4,34(40)21-27)42-31-13-8-25(9-14-31)6-11-28(36)22-29(37)12-7-26-10-15-32(39)33(20-26)41-5/h6-18,20,22,24,27,34,37,39-40H,19,21H2,1-5H3/b11-6+,12-7+,29-22?/t24-,27+,34-,35+/m0/s1. The average Bonchev–Trinajstić information content (AvgIpc) is 2.93. The number of hydrogen-bond donors (Lipinski definition) is 3. The van der Waals surface area contributed by atoms with Crippen molar-refractivity contribution in [2.75, 3.05) is 7.11 Å². The van der Waals surface area contributed by atoms with E-state index in [1.807, 2.05) is 39.8 Å². The molecule has 0 bridgehead atoms. The number of carbonyl (C=O) groups excluding carboxylic acids is 2. The zero-order chi connectivity index (χ0) is 30.9. The van der Waals surface area contributed by atoms with E-state index in [0.29, 0.717) is 29.9 Å². The summed E-state index contributed by atoms with van der Waals surface area (Å²) >= 11 is 0. The van der Waals surface area contributed by atoms with Crippen molar-refractivity contribution in [3.63, 3.8) is 0 Å². The van der Waals surface area contributed by atoms with E-state index < -0.39 is 17.5 Å². The van der Waals surface area contributed by atoms with Crippen LogP contribution >= 0.6 is 0 Å². The van der Waals surface area contributed by atoms with Gasteiger partial charge in [0.05, 0.1) is 13.2 Å². The first-order chi connectivity index (χ1) is 19.9. The smallest absolute Gasteiger partial charge is 0.182 e. The second kappa shape index (κ2) is 14.5. The number of carbonyl (C=O) groups is 2. The number of phenolic OH excluding ortho intramolecular Hbond substituents is 1. The minimum Gasteiger partial charge on any atom is -0.508 e. The van der Waals surface area contributed by atoms with Gasteiger partial charge in [-0.1, -0.05) is 48.9 Å². The molecule has 0 radical (unpaired) electrons. The van der Waals surface area contributed by atoms with Crippen LogP contribution in [0.1, 0.15) is 51.7 Å². The van der Waals surface area contributed by atoms with Gasteiger partial charge >= 0.3 is 0 Å². The van der Waals surface area contributed by atoms with Crippen molar-refractivity contribution in [1.82, 2.24) is 0 Å². The van der Waals surface area contributed by atoms with Gasteiger partial charge in [-0.15, -0.1) is 0 Å². The molecule has 2 aromatic carbocycles. The number of aromatic hydroxyl groups is 1. The lowest BCUT2D eigenvalue weighted by molar-refractivity contribution is -0.116. The fraction of sp³-hybridized carbons (Fsp3) is 0.314. The van der Waals surface area contributed by atoms with E-state index >= 15 is 0 Å². The lowest BCUT2D eigenvalue weighted by Crippen LogP contribution is -2.47. The van der Waals surface area contributed by atoms with Crippen molar-refractivity contribution >= 4 is 23.7 Å². The number of phenols is 1. The number of ether oxygens (including phenoxy) is 2. The van der Waals surface area contributed by atoms with Crippen LogP contribution in [0.2, 0.25) is 0 Å². The first kappa shape index (κ1) is 32.2. The average molecular weight is 573 g/mol. The molecular formula is C35H40O7. The molecular weight excluding hydrogens is 532 g/mol. The van der Waals surface area contributed by atoms with E-state index in [0.717, 1.165) is 17.2 Å². The van der Waals surface area contributed by atoms with Crippen LogP contribution in [0.15, 0.2) is 90.3 Å². The number of aliphatic hydroxyl groups is 2. The lowest BCUT2D eigenvalue weighted by atomic mass is 9.76. The molecule has 3 N–H and O–H groups in total. The summed E-state index contributed by atoms with van der Waals surface area (Å²) in [5, 5.41) is 30.7. The predicted molar refractivity (Wildman–Crippen MR) is 165 cm³/mol. The Kier molecular flexibility index (Phi) is 11.1. The monoisotopic (exact) mass is 572 g/mol. The van der Waals surface area contributed by atoms with Crippen molar-refractivity contribution < 1.29 is 34.4 Å². The van der Waals surface area contributed by atoms with Gasteiger partial charge in [-0.25, -0.2) is 0 Å². The number of benzene rings is 2. The molecule has 1 aliphatic rings. The highest BCUT2D eigenvalue weighted by Crippen LogP contribution is 2.35. The molecule has 222 valence electrons. The molecule has 2 aromatic rings.